The highest BCUT2D eigenvalue weighted by Gasteiger charge is 2.28. The number of nitrogens with one attached hydrogen (secondary N) is 1. The van der Waals surface area contributed by atoms with E-state index < -0.39 is 10.0 Å². The van der Waals surface area contributed by atoms with E-state index in [1.54, 1.807) is 12.1 Å². The van der Waals surface area contributed by atoms with Gasteiger partial charge in [-0.3, -0.25) is 4.79 Å². The molecule has 1 aromatic rings. The van der Waals surface area contributed by atoms with E-state index in [0.717, 1.165) is 17.1 Å². The van der Waals surface area contributed by atoms with Crippen LogP contribution in [0.2, 0.25) is 0 Å². The maximum absolute atomic E-state index is 12.1. The lowest BCUT2D eigenvalue weighted by atomic mass is 10.1. The van der Waals surface area contributed by atoms with Gasteiger partial charge in [-0.05, 0) is 37.5 Å². The number of carbonyl (C=O) groups excluding carboxylic acids is 1. The zero-order chi connectivity index (χ0) is 15.6. The van der Waals surface area contributed by atoms with Crippen molar-refractivity contribution in [1.82, 2.24) is 4.31 Å². The summed E-state index contributed by atoms with van der Waals surface area (Å²) in [4.78, 5) is 12.3. The fourth-order valence-corrected chi connectivity index (χ4v) is 3.39. The largest absolute Gasteiger partial charge is 0.328 e. The minimum Gasteiger partial charge on any atom is -0.328 e. The fraction of sp³-hybridized carbons (Fsp3) is 0.500. The third-order valence-corrected chi connectivity index (χ3v) is 5.54. The second-order valence-corrected chi connectivity index (χ2v) is 7.73. The van der Waals surface area contributed by atoms with Gasteiger partial charge >= 0.3 is 0 Å². The lowest BCUT2D eigenvalue weighted by Crippen LogP contribution is -2.24. The molecule has 2 unspecified atom stereocenters. The summed E-state index contributed by atoms with van der Waals surface area (Å²) >= 11 is 0. The quantitative estimate of drug-likeness (QED) is 0.861. The first-order valence-corrected chi connectivity index (χ1v) is 8.34. The molecule has 0 aromatic heterocycles. The fourth-order valence-electron chi connectivity index (χ4n) is 2.44. The van der Waals surface area contributed by atoms with Gasteiger partial charge in [-0.15, -0.1) is 12.4 Å². The van der Waals surface area contributed by atoms with Crippen LogP contribution in [0, 0.1) is 5.92 Å². The molecule has 0 spiro atoms. The lowest BCUT2D eigenvalue weighted by molar-refractivity contribution is -0.119. The molecule has 0 bridgehead atoms. The number of halogens is 1. The minimum atomic E-state index is -3.50. The summed E-state index contributed by atoms with van der Waals surface area (Å²) in [5, 5.41) is 2.78. The average molecular weight is 348 g/mol. The van der Waals surface area contributed by atoms with Crippen LogP contribution < -0.4 is 11.1 Å². The number of anilines is 1. The highest BCUT2D eigenvalue weighted by Crippen LogP contribution is 2.26. The second kappa shape index (κ2) is 7.41. The van der Waals surface area contributed by atoms with Crippen LogP contribution in [0.1, 0.15) is 19.3 Å². The molecule has 0 heterocycles. The van der Waals surface area contributed by atoms with E-state index in [-0.39, 0.29) is 35.2 Å². The van der Waals surface area contributed by atoms with E-state index in [1.807, 2.05) is 0 Å². The maximum atomic E-state index is 12.1. The van der Waals surface area contributed by atoms with E-state index in [0.29, 0.717) is 12.1 Å². The highest BCUT2D eigenvalue weighted by atomic mass is 35.5. The number of sulfonamides is 1. The molecule has 1 amide bonds. The monoisotopic (exact) mass is 347 g/mol. The van der Waals surface area contributed by atoms with E-state index in [2.05, 4.69) is 5.32 Å². The number of benzene rings is 1. The Morgan fingerprint density at radius 3 is 2.55 bits per heavy atom. The van der Waals surface area contributed by atoms with E-state index in [9.17, 15) is 13.2 Å². The van der Waals surface area contributed by atoms with Crippen LogP contribution in [0.4, 0.5) is 5.69 Å². The standard InChI is InChI=1S/C14H21N3O3S.ClH/c1-17(2)21(19,20)13-5-3-4-12(9-13)16-14(18)10-6-7-11(15)8-10;/h3-5,9-11H,6-8,15H2,1-2H3,(H,16,18);1H. The first-order chi connectivity index (χ1) is 9.80. The van der Waals surface area contributed by atoms with Gasteiger partial charge < -0.3 is 11.1 Å². The summed E-state index contributed by atoms with van der Waals surface area (Å²) in [6.45, 7) is 0. The van der Waals surface area contributed by atoms with Gasteiger partial charge in [0, 0.05) is 31.7 Å². The number of carbonyl (C=O) groups is 1. The van der Waals surface area contributed by atoms with Crippen LogP contribution in [0.25, 0.3) is 0 Å². The summed E-state index contributed by atoms with van der Waals surface area (Å²) in [5.74, 6) is -0.184. The van der Waals surface area contributed by atoms with Crippen LogP contribution >= 0.6 is 12.4 Å². The van der Waals surface area contributed by atoms with Crippen molar-refractivity contribution in [3.63, 3.8) is 0 Å². The van der Waals surface area contributed by atoms with Gasteiger partial charge in [-0.25, -0.2) is 12.7 Å². The van der Waals surface area contributed by atoms with E-state index in [1.165, 1.54) is 26.2 Å². The highest BCUT2D eigenvalue weighted by molar-refractivity contribution is 7.89. The third kappa shape index (κ3) is 4.19. The van der Waals surface area contributed by atoms with Crippen molar-refractivity contribution in [3.05, 3.63) is 24.3 Å². The molecule has 8 heteroatoms. The van der Waals surface area contributed by atoms with Crippen molar-refractivity contribution in [2.24, 2.45) is 11.7 Å². The average Bonchev–Trinajstić information content (AvgIpc) is 2.85. The first-order valence-electron chi connectivity index (χ1n) is 6.89. The van der Waals surface area contributed by atoms with Gasteiger partial charge in [0.25, 0.3) is 0 Å². The van der Waals surface area contributed by atoms with Gasteiger partial charge in [0.05, 0.1) is 4.90 Å². The minimum absolute atomic E-state index is 0. The van der Waals surface area contributed by atoms with E-state index in [4.69, 9.17) is 5.73 Å². The third-order valence-electron chi connectivity index (χ3n) is 3.72. The molecule has 22 heavy (non-hydrogen) atoms. The number of amides is 1. The lowest BCUT2D eigenvalue weighted by Gasteiger charge is -2.14. The second-order valence-electron chi connectivity index (χ2n) is 5.57. The smallest absolute Gasteiger partial charge is 0.242 e. The van der Waals surface area contributed by atoms with Gasteiger partial charge in [0.2, 0.25) is 15.9 Å². The van der Waals surface area contributed by atoms with Crippen molar-refractivity contribution in [1.29, 1.82) is 0 Å². The summed E-state index contributed by atoms with van der Waals surface area (Å²) in [6.07, 6.45) is 2.32. The summed E-state index contributed by atoms with van der Waals surface area (Å²) in [7, 11) is -0.556. The molecular formula is C14H22ClN3O3S. The van der Waals surface area contributed by atoms with Crippen LogP contribution in [0.3, 0.4) is 0 Å². The predicted octanol–water partition coefficient (Wildman–Crippen LogP) is 1.42. The number of rotatable bonds is 4. The Labute approximate surface area is 137 Å². The molecule has 0 aliphatic heterocycles. The van der Waals surface area contributed by atoms with Gasteiger partial charge in [-0.2, -0.15) is 0 Å². The predicted molar refractivity (Wildman–Crippen MR) is 88.5 cm³/mol. The van der Waals surface area contributed by atoms with Crippen LogP contribution in [0.15, 0.2) is 29.2 Å². The molecule has 2 atom stereocenters. The van der Waals surface area contributed by atoms with Crippen LogP contribution in [-0.4, -0.2) is 38.8 Å². The van der Waals surface area contributed by atoms with Crippen molar-refractivity contribution < 1.29 is 13.2 Å². The molecule has 124 valence electrons. The number of nitrogens with zero attached hydrogens (tertiary/aromatic N) is 1. The van der Waals surface area contributed by atoms with Crippen LogP contribution in [-0.2, 0) is 14.8 Å². The number of hydrogen-bond acceptors (Lipinski definition) is 4. The molecule has 6 nitrogen and oxygen atoms in total. The molecule has 1 aliphatic rings. The summed E-state index contributed by atoms with van der Waals surface area (Å²) in [6, 6.07) is 6.37. The zero-order valence-corrected chi connectivity index (χ0v) is 14.3. The molecule has 2 rings (SSSR count). The molecule has 1 fully saturated rings. The normalized spacial score (nSPS) is 21.5. The van der Waals surface area contributed by atoms with E-state index >= 15 is 0 Å². The molecule has 0 saturated heterocycles. The Hall–Kier alpha value is -1.15. The Bertz CT molecular complexity index is 634. The molecule has 3 N–H and O–H groups in total. The van der Waals surface area contributed by atoms with Crippen LogP contribution in [0.5, 0.6) is 0 Å². The first kappa shape index (κ1) is 18.9. The Kier molecular flexibility index (Phi) is 6.37. The Morgan fingerprint density at radius 2 is 2.00 bits per heavy atom. The maximum Gasteiger partial charge on any atom is 0.242 e. The topological polar surface area (TPSA) is 92.5 Å². The van der Waals surface area contributed by atoms with Crippen molar-refractivity contribution in [3.8, 4) is 0 Å². The van der Waals surface area contributed by atoms with Gasteiger partial charge in [0.1, 0.15) is 0 Å². The SMILES string of the molecule is CN(C)S(=O)(=O)c1cccc(NC(=O)C2CCC(N)C2)c1.Cl. The molecule has 1 aromatic carbocycles. The van der Waals surface area contributed by atoms with Gasteiger partial charge in [0.15, 0.2) is 0 Å². The van der Waals surface area contributed by atoms with Crippen molar-refractivity contribution in [2.45, 2.75) is 30.2 Å². The molecule has 0 radical (unpaired) electrons. The summed E-state index contributed by atoms with van der Waals surface area (Å²) in [5.41, 5.74) is 6.30. The van der Waals surface area contributed by atoms with Crippen molar-refractivity contribution >= 4 is 34.0 Å². The number of nitrogens with two attached hydrogens (primary N) is 1. The zero-order valence-electron chi connectivity index (χ0n) is 12.7. The molecular weight excluding hydrogens is 326 g/mol. The molecule has 1 saturated carbocycles. The molecule has 1 aliphatic carbocycles. The van der Waals surface area contributed by atoms with Crippen molar-refractivity contribution in [2.75, 3.05) is 19.4 Å². The summed E-state index contributed by atoms with van der Waals surface area (Å²) < 4.78 is 25.3. The number of hydrogen-bond donors (Lipinski definition) is 2. The van der Waals surface area contributed by atoms with Gasteiger partial charge in [-0.1, -0.05) is 6.07 Å². The Balaban J connectivity index is 0.00000242. The Morgan fingerprint density at radius 1 is 1.32 bits per heavy atom.